The Balaban J connectivity index is 2.08. The molecule has 5 heteroatoms. The van der Waals surface area contributed by atoms with E-state index >= 15 is 0 Å². The van der Waals surface area contributed by atoms with Gasteiger partial charge in [-0.2, -0.15) is 0 Å². The fraction of sp³-hybridized carbons (Fsp3) is 0.389. The summed E-state index contributed by atoms with van der Waals surface area (Å²) >= 11 is 3.56. The highest BCUT2D eigenvalue weighted by molar-refractivity contribution is 9.10. The van der Waals surface area contributed by atoms with Crippen LogP contribution in [0.5, 0.6) is 5.75 Å². The van der Waals surface area contributed by atoms with Crippen LogP contribution in [-0.4, -0.2) is 11.7 Å². The molecule has 0 amide bonds. The first kappa shape index (κ1) is 16.1. The normalized spacial score (nSPS) is 14.0. The van der Waals surface area contributed by atoms with Gasteiger partial charge in [-0.3, -0.25) is 4.79 Å². The third kappa shape index (κ3) is 2.90. The Morgan fingerprint density at radius 1 is 1.26 bits per heavy atom. The highest BCUT2D eigenvalue weighted by atomic mass is 79.9. The van der Waals surface area contributed by atoms with Gasteiger partial charge in [-0.15, -0.1) is 0 Å². The number of aryl methyl sites for hydroxylation is 1. The molecule has 1 aromatic heterocycles. The number of methoxy groups -OCH3 is 1. The number of benzene rings is 1. The lowest BCUT2D eigenvalue weighted by atomic mass is 10.1. The Morgan fingerprint density at radius 3 is 2.57 bits per heavy atom. The van der Waals surface area contributed by atoms with Gasteiger partial charge in [-0.05, 0) is 66.2 Å². The zero-order valence-corrected chi connectivity index (χ0v) is 15.5. The van der Waals surface area contributed by atoms with Crippen LogP contribution in [0.15, 0.2) is 27.5 Å². The van der Waals surface area contributed by atoms with Gasteiger partial charge in [0.1, 0.15) is 11.4 Å². The van der Waals surface area contributed by atoms with Crippen molar-refractivity contribution in [1.29, 1.82) is 0 Å². The number of pyridine rings is 1. The molecular formula is C18H21BrN2O2. The van der Waals surface area contributed by atoms with E-state index in [1.54, 1.807) is 11.7 Å². The Labute approximate surface area is 144 Å². The zero-order valence-electron chi connectivity index (χ0n) is 13.9. The molecule has 1 N–H and O–H groups in total. The Hall–Kier alpha value is -1.75. The summed E-state index contributed by atoms with van der Waals surface area (Å²) in [6, 6.07) is 6.00. The van der Waals surface area contributed by atoms with Crippen molar-refractivity contribution in [1.82, 2.24) is 4.57 Å². The molecule has 0 unspecified atom stereocenters. The maximum atomic E-state index is 12.8. The molecule has 2 aromatic rings. The van der Waals surface area contributed by atoms with Gasteiger partial charge in [-0.25, -0.2) is 0 Å². The third-order valence-corrected chi connectivity index (χ3v) is 5.13. The van der Waals surface area contributed by atoms with E-state index in [1.807, 2.05) is 33.0 Å². The number of nitrogens with one attached hydrogen (secondary N) is 1. The predicted molar refractivity (Wildman–Crippen MR) is 97.1 cm³/mol. The van der Waals surface area contributed by atoms with Crippen LogP contribution in [0.2, 0.25) is 0 Å². The Bertz CT molecular complexity index is 823. The van der Waals surface area contributed by atoms with Gasteiger partial charge < -0.3 is 14.6 Å². The molecule has 4 nitrogen and oxygen atoms in total. The molecule has 1 fully saturated rings. The number of nitrogens with zero attached hydrogens (tertiary/aromatic N) is 1. The summed E-state index contributed by atoms with van der Waals surface area (Å²) in [6.45, 7) is 4.01. The Morgan fingerprint density at radius 2 is 1.96 bits per heavy atom. The lowest BCUT2D eigenvalue weighted by molar-refractivity contribution is 0.412. The van der Waals surface area contributed by atoms with Crippen LogP contribution in [0.25, 0.3) is 0 Å². The van der Waals surface area contributed by atoms with Gasteiger partial charge >= 0.3 is 0 Å². The molecule has 122 valence electrons. The number of hydrogen-bond acceptors (Lipinski definition) is 3. The third-order valence-electron chi connectivity index (χ3n) is 4.51. The fourth-order valence-corrected chi connectivity index (χ4v) is 3.44. The van der Waals surface area contributed by atoms with Crippen molar-refractivity contribution in [3.05, 3.63) is 49.8 Å². The van der Waals surface area contributed by atoms with E-state index in [0.717, 1.165) is 32.7 Å². The Kier molecular flexibility index (Phi) is 4.23. The summed E-state index contributed by atoms with van der Waals surface area (Å²) in [6.07, 6.45) is 2.33. The highest BCUT2D eigenvalue weighted by Crippen LogP contribution is 2.41. The summed E-state index contributed by atoms with van der Waals surface area (Å²) in [5, 5.41) is 3.32. The molecule has 0 atom stereocenters. The van der Waals surface area contributed by atoms with Crippen LogP contribution in [0.1, 0.15) is 35.6 Å². The minimum Gasteiger partial charge on any atom is -0.496 e. The number of hydrogen-bond donors (Lipinski definition) is 1. The standard InChI is InChI=1S/C18H21BrN2O2/c1-10-5-8-15(23-4)11(2)16(10)20-17-13(19)9-14(12-6-7-12)21(3)18(17)22/h5,8-9,12,20H,6-7H2,1-4H3. The van der Waals surface area contributed by atoms with Crippen LogP contribution < -0.4 is 15.6 Å². The van der Waals surface area contributed by atoms with Crippen molar-refractivity contribution in [2.45, 2.75) is 32.6 Å². The molecule has 3 rings (SSSR count). The molecular weight excluding hydrogens is 356 g/mol. The van der Waals surface area contributed by atoms with E-state index < -0.39 is 0 Å². The summed E-state index contributed by atoms with van der Waals surface area (Å²) in [7, 11) is 3.50. The number of rotatable bonds is 4. The van der Waals surface area contributed by atoms with E-state index in [0.29, 0.717) is 11.6 Å². The lowest BCUT2D eigenvalue weighted by Gasteiger charge is -2.18. The SMILES string of the molecule is COc1ccc(C)c(Nc2c(Br)cc(C3CC3)n(C)c2=O)c1C. The number of halogens is 1. The van der Waals surface area contributed by atoms with Crippen molar-refractivity contribution in [2.24, 2.45) is 7.05 Å². The zero-order chi connectivity index (χ0) is 16.7. The summed E-state index contributed by atoms with van der Waals surface area (Å²) in [5.41, 5.74) is 4.64. The average molecular weight is 377 g/mol. The highest BCUT2D eigenvalue weighted by Gasteiger charge is 2.27. The van der Waals surface area contributed by atoms with E-state index in [4.69, 9.17) is 4.74 Å². The van der Waals surface area contributed by atoms with Gasteiger partial charge in [0.05, 0.1) is 7.11 Å². The van der Waals surface area contributed by atoms with E-state index in [2.05, 4.69) is 27.3 Å². The van der Waals surface area contributed by atoms with E-state index in [9.17, 15) is 4.79 Å². The summed E-state index contributed by atoms with van der Waals surface area (Å²) < 4.78 is 7.96. The van der Waals surface area contributed by atoms with Gasteiger partial charge in [-0.1, -0.05) is 6.07 Å². The van der Waals surface area contributed by atoms with Crippen molar-refractivity contribution in [3.63, 3.8) is 0 Å². The van der Waals surface area contributed by atoms with Gasteiger partial charge in [0.2, 0.25) is 0 Å². The van der Waals surface area contributed by atoms with Crippen LogP contribution in [0, 0.1) is 13.8 Å². The van der Waals surface area contributed by atoms with Crippen molar-refractivity contribution < 1.29 is 4.74 Å². The molecule has 0 bridgehead atoms. The summed E-state index contributed by atoms with van der Waals surface area (Å²) in [5.74, 6) is 1.33. The van der Waals surface area contributed by atoms with E-state index in [1.165, 1.54) is 12.8 Å². The van der Waals surface area contributed by atoms with Crippen LogP contribution in [0.4, 0.5) is 11.4 Å². The largest absolute Gasteiger partial charge is 0.496 e. The van der Waals surface area contributed by atoms with Gasteiger partial charge in [0.25, 0.3) is 5.56 Å². The maximum Gasteiger partial charge on any atom is 0.275 e. The predicted octanol–water partition coefficient (Wildman–Crippen LogP) is 4.39. The molecule has 0 radical (unpaired) electrons. The number of anilines is 2. The first-order chi connectivity index (χ1) is 10.9. The second-order valence-corrected chi connectivity index (χ2v) is 6.99. The molecule has 0 aliphatic heterocycles. The van der Waals surface area contributed by atoms with Crippen LogP contribution in [0.3, 0.4) is 0 Å². The molecule has 23 heavy (non-hydrogen) atoms. The number of ether oxygens (including phenoxy) is 1. The second kappa shape index (κ2) is 6.04. The van der Waals surface area contributed by atoms with Gasteiger partial charge in [0, 0.05) is 28.5 Å². The van der Waals surface area contributed by atoms with E-state index in [-0.39, 0.29) is 5.56 Å². The molecule has 1 aromatic carbocycles. The smallest absolute Gasteiger partial charge is 0.275 e. The molecule has 1 aliphatic carbocycles. The quantitative estimate of drug-likeness (QED) is 0.859. The van der Waals surface area contributed by atoms with Gasteiger partial charge in [0.15, 0.2) is 0 Å². The first-order valence-corrected chi connectivity index (χ1v) is 8.54. The maximum absolute atomic E-state index is 12.8. The molecule has 1 heterocycles. The fourth-order valence-electron chi connectivity index (χ4n) is 2.94. The molecule has 1 aliphatic rings. The number of aromatic nitrogens is 1. The first-order valence-electron chi connectivity index (χ1n) is 7.74. The molecule has 0 saturated heterocycles. The average Bonchev–Trinajstić information content (AvgIpc) is 3.35. The van der Waals surface area contributed by atoms with Crippen molar-refractivity contribution in [3.8, 4) is 5.75 Å². The minimum atomic E-state index is -0.0112. The van der Waals surface area contributed by atoms with Crippen molar-refractivity contribution >= 4 is 27.3 Å². The van der Waals surface area contributed by atoms with Crippen LogP contribution in [-0.2, 0) is 7.05 Å². The summed E-state index contributed by atoms with van der Waals surface area (Å²) in [4.78, 5) is 12.8. The minimum absolute atomic E-state index is 0.0112. The van der Waals surface area contributed by atoms with Crippen LogP contribution >= 0.6 is 15.9 Å². The second-order valence-electron chi connectivity index (χ2n) is 6.14. The topological polar surface area (TPSA) is 43.3 Å². The monoisotopic (exact) mass is 376 g/mol. The molecule has 0 spiro atoms. The molecule has 1 saturated carbocycles. The lowest BCUT2D eigenvalue weighted by Crippen LogP contribution is -2.23. The van der Waals surface area contributed by atoms with Crippen molar-refractivity contribution in [2.75, 3.05) is 12.4 Å².